The van der Waals surface area contributed by atoms with Gasteiger partial charge < -0.3 is 15.0 Å². The van der Waals surface area contributed by atoms with E-state index in [2.05, 4.69) is 15.0 Å². The van der Waals surface area contributed by atoms with Gasteiger partial charge in [0, 0.05) is 23.5 Å². The third kappa shape index (κ3) is 3.29. The largest absolute Gasteiger partial charge is 0.465 e. The molecule has 0 atom stereocenters. The fourth-order valence-corrected chi connectivity index (χ4v) is 1.86. The molecule has 2 N–H and O–H groups in total. The van der Waals surface area contributed by atoms with E-state index in [1.807, 2.05) is 0 Å². The second-order valence-corrected chi connectivity index (χ2v) is 4.49. The van der Waals surface area contributed by atoms with Crippen LogP contribution in [0.25, 0.3) is 0 Å². The Balaban J connectivity index is 2.36. The summed E-state index contributed by atoms with van der Waals surface area (Å²) in [5.41, 5.74) is -0.187. The van der Waals surface area contributed by atoms with Crippen molar-refractivity contribution in [1.29, 1.82) is 0 Å². The molecule has 0 unspecified atom stereocenters. The number of anilines is 1. The summed E-state index contributed by atoms with van der Waals surface area (Å²) in [6, 6.07) is 5.58. The van der Waals surface area contributed by atoms with Crippen LogP contribution in [-0.2, 0) is 4.74 Å². The number of carbonyl (C=O) groups is 2. The highest BCUT2D eigenvalue weighted by Gasteiger charge is 2.16. The first-order valence-electron chi connectivity index (χ1n) is 5.89. The first-order chi connectivity index (χ1) is 10.0. The first-order valence-corrected chi connectivity index (χ1v) is 6.27. The number of pyridine rings is 1. The number of carbonyl (C=O) groups excluding carboxylic acids is 2. The summed E-state index contributed by atoms with van der Waals surface area (Å²) in [5, 5.41) is 2.82. The summed E-state index contributed by atoms with van der Waals surface area (Å²) < 4.78 is 4.63. The molecule has 6 nitrogen and oxygen atoms in total. The summed E-state index contributed by atoms with van der Waals surface area (Å²) in [6.45, 7) is 0. The van der Waals surface area contributed by atoms with Gasteiger partial charge in [0.05, 0.1) is 18.4 Å². The number of benzene rings is 1. The Morgan fingerprint density at radius 1 is 1.24 bits per heavy atom. The van der Waals surface area contributed by atoms with Crippen LogP contribution in [0.3, 0.4) is 0 Å². The van der Waals surface area contributed by atoms with Crippen LogP contribution in [0.5, 0.6) is 0 Å². The molecule has 0 radical (unpaired) electrons. The van der Waals surface area contributed by atoms with Crippen LogP contribution in [0.15, 0.2) is 41.5 Å². The van der Waals surface area contributed by atoms with Crippen LogP contribution in [0.4, 0.5) is 5.69 Å². The first kappa shape index (κ1) is 14.8. The fourth-order valence-electron chi connectivity index (χ4n) is 1.69. The van der Waals surface area contributed by atoms with E-state index < -0.39 is 17.3 Å². The van der Waals surface area contributed by atoms with Crippen molar-refractivity contribution in [1.82, 2.24) is 4.98 Å². The maximum absolute atomic E-state index is 12.1. The Labute approximate surface area is 124 Å². The van der Waals surface area contributed by atoms with Crippen molar-refractivity contribution < 1.29 is 14.3 Å². The van der Waals surface area contributed by atoms with Gasteiger partial charge in [0.25, 0.3) is 5.91 Å². The highest BCUT2D eigenvalue weighted by Crippen LogP contribution is 2.21. The lowest BCUT2D eigenvalue weighted by Crippen LogP contribution is -2.22. The van der Waals surface area contributed by atoms with Crippen molar-refractivity contribution in [3.05, 3.63) is 63.0 Å². The standard InChI is InChI=1S/C14H11ClN2O4/c1-21-14(20)9-6-8(15)2-3-11(9)17-13(19)10-7-16-5-4-12(10)18/h2-7H,1H3,(H,16,18)(H,17,19). The molecule has 7 heteroatoms. The van der Waals surface area contributed by atoms with Gasteiger partial charge in [-0.05, 0) is 18.2 Å². The summed E-state index contributed by atoms with van der Waals surface area (Å²) in [5.74, 6) is -1.28. The number of H-pyrrole nitrogens is 1. The maximum Gasteiger partial charge on any atom is 0.340 e. The lowest BCUT2D eigenvalue weighted by Gasteiger charge is -2.09. The Morgan fingerprint density at radius 2 is 2.00 bits per heavy atom. The number of aromatic nitrogens is 1. The second-order valence-electron chi connectivity index (χ2n) is 4.06. The average molecular weight is 307 g/mol. The van der Waals surface area contributed by atoms with Gasteiger partial charge in [0.15, 0.2) is 5.43 Å². The number of esters is 1. The molecule has 2 rings (SSSR count). The molecule has 0 bridgehead atoms. The molecule has 108 valence electrons. The quantitative estimate of drug-likeness (QED) is 0.850. The van der Waals surface area contributed by atoms with Gasteiger partial charge in [-0.1, -0.05) is 11.6 Å². The predicted octanol–water partition coefficient (Wildman–Crippen LogP) is 2.07. The van der Waals surface area contributed by atoms with E-state index in [-0.39, 0.29) is 16.8 Å². The van der Waals surface area contributed by atoms with E-state index >= 15 is 0 Å². The molecule has 0 aliphatic heterocycles. The molecule has 1 aromatic heterocycles. The number of methoxy groups -OCH3 is 1. The lowest BCUT2D eigenvalue weighted by molar-refractivity contribution is 0.0602. The molecule has 2 aromatic rings. The number of hydrogen-bond acceptors (Lipinski definition) is 4. The topological polar surface area (TPSA) is 88.3 Å². The van der Waals surface area contributed by atoms with Gasteiger partial charge in [0.1, 0.15) is 5.56 Å². The second kappa shape index (κ2) is 6.23. The van der Waals surface area contributed by atoms with Crippen LogP contribution in [0, 0.1) is 0 Å². The smallest absolute Gasteiger partial charge is 0.340 e. The molecular weight excluding hydrogens is 296 g/mol. The van der Waals surface area contributed by atoms with Gasteiger partial charge in [0.2, 0.25) is 0 Å². The number of amides is 1. The molecule has 0 saturated heterocycles. The van der Waals surface area contributed by atoms with Crippen LogP contribution in [0.2, 0.25) is 5.02 Å². The van der Waals surface area contributed by atoms with E-state index in [9.17, 15) is 14.4 Å². The molecule has 1 heterocycles. The Hall–Kier alpha value is -2.60. The predicted molar refractivity (Wildman–Crippen MR) is 77.8 cm³/mol. The molecule has 1 aromatic carbocycles. The zero-order chi connectivity index (χ0) is 15.4. The number of rotatable bonds is 3. The molecular formula is C14H11ClN2O4. The molecule has 0 saturated carbocycles. The number of hydrogen-bond donors (Lipinski definition) is 2. The van der Waals surface area contributed by atoms with Crippen LogP contribution in [0.1, 0.15) is 20.7 Å². The average Bonchev–Trinajstić information content (AvgIpc) is 2.48. The zero-order valence-corrected chi connectivity index (χ0v) is 11.7. The van der Waals surface area contributed by atoms with E-state index in [0.717, 1.165) is 0 Å². The molecule has 1 amide bonds. The Morgan fingerprint density at radius 3 is 2.67 bits per heavy atom. The fraction of sp³-hybridized carbons (Fsp3) is 0.0714. The zero-order valence-electron chi connectivity index (χ0n) is 11.0. The van der Waals surface area contributed by atoms with Gasteiger partial charge in [-0.3, -0.25) is 9.59 Å². The highest BCUT2D eigenvalue weighted by atomic mass is 35.5. The van der Waals surface area contributed by atoms with Crippen LogP contribution in [-0.4, -0.2) is 24.0 Å². The van der Waals surface area contributed by atoms with E-state index in [1.54, 1.807) is 0 Å². The summed E-state index contributed by atoms with van der Waals surface area (Å²) in [4.78, 5) is 38.0. The van der Waals surface area contributed by atoms with Gasteiger partial charge in [-0.2, -0.15) is 0 Å². The van der Waals surface area contributed by atoms with Crippen molar-refractivity contribution in [2.45, 2.75) is 0 Å². The monoisotopic (exact) mass is 306 g/mol. The number of nitrogens with one attached hydrogen (secondary N) is 2. The minimum absolute atomic E-state index is 0.0664. The van der Waals surface area contributed by atoms with Crippen LogP contribution >= 0.6 is 11.6 Å². The van der Waals surface area contributed by atoms with Crippen molar-refractivity contribution in [3.8, 4) is 0 Å². The van der Waals surface area contributed by atoms with Gasteiger partial charge in [-0.15, -0.1) is 0 Å². The van der Waals surface area contributed by atoms with E-state index in [4.69, 9.17) is 11.6 Å². The summed E-state index contributed by atoms with van der Waals surface area (Å²) in [6.07, 6.45) is 2.70. The lowest BCUT2D eigenvalue weighted by atomic mass is 10.1. The molecule has 21 heavy (non-hydrogen) atoms. The van der Waals surface area contributed by atoms with Crippen molar-refractivity contribution in [3.63, 3.8) is 0 Å². The molecule has 0 fully saturated rings. The summed E-state index contributed by atoms with van der Waals surface area (Å²) >= 11 is 5.82. The SMILES string of the molecule is COC(=O)c1cc(Cl)ccc1NC(=O)c1c[nH]ccc1=O. The molecule has 0 aliphatic carbocycles. The molecule has 0 spiro atoms. The minimum atomic E-state index is -0.644. The Bertz CT molecular complexity index is 755. The molecule has 0 aliphatic rings. The number of ether oxygens (including phenoxy) is 1. The number of aromatic amines is 1. The van der Waals surface area contributed by atoms with Crippen molar-refractivity contribution in [2.75, 3.05) is 12.4 Å². The maximum atomic E-state index is 12.1. The Kier molecular flexibility index (Phi) is 4.39. The van der Waals surface area contributed by atoms with E-state index in [0.29, 0.717) is 5.02 Å². The minimum Gasteiger partial charge on any atom is -0.465 e. The van der Waals surface area contributed by atoms with E-state index in [1.165, 1.54) is 43.8 Å². The van der Waals surface area contributed by atoms with Crippen LogP contribution < -0.4 is 10.7 Å². The summed E-state index contributed by atoms with van der Waals surface area (Å²) in [7, 11) is 1.22. The van der Waals surface area contributed by atoms with Crippen molar-refractivity contribution >= 4 is 29.2 Å². The van der Waals surface area contributed by atoms with Gasteiger partial charge in [-0.25, -0.2) is 4.79 Å². The van der Waals surface area contributed by atoms with Gasteiger partial charge >= 0.3 is 5.97 Å². The highest BCUT2D eigenvalue weighted by molar-refractivity contribution is 6.31. The number of halogens is 1. The normalized spacial score (nSPS) is 10.0. The third-order valence-corrected chi connectivity index (χ3v) is 2.94. The van der Waals surface area contributed by atoms with Crippen molar-refractivity contribution in [2.24, 2.45) is 0 Å². The third-order valence-electron chi connectivity index (χ3n) is 2.70.